The molecule has 0 rings (SSSR count). The number of carbonyl (C=O) groups is 2. The van der Waals surface area contributed by atoms with E-state index in [1.807, 2.05) is 13.8 Å². The van der Waals surface area contributed by atoms with Gasteiger partial charge in [0.15, 0.2) is 5.78 Å². The molecule has 0 amide bonds. The van der Waals surface area contributed by atoms with Gasteiger partial charge in [0.25, 0.3) is 0 Å². The maximum Gasteiger partial charge on any atom is 0.303 e. The first-order chi connectivity index (χ1) is 9.90. The molecule has 0 aromatic heterocycles. The normalized spacial score (nSPS) is 11.6. The zero-order valence-corrected chi connectivity index (χ0v) is 14.0. The Balaban J connectivity index is 3.69. The summed E-state index contributed by atoms with van der Waals surface area (Å²) in [6.07, 6.45) is 8.83. The third-order valence-electron chi connectivity index (χ3n) is 3.68. The molecule has 0 bridgehead atoms. The highest BCUT2D eigenvalue weighted by Crippen LogP contribution is 2.17. The standard InChI is InChI=1S/C17H32O4/c1-4-5-6-7-9-12-15(18)17(2,3)21-14-11-8-10-13-16(19)20/h4-14H2,1-3H3,(H,19,20). The fourth-order valence-electron chi connectivity index (χ4n) is 2.15. The van der Waals surface area contributed by atoms with Crippen molar-refractivity contribution in [3.05, 3.63) is 0 Å². The molecule has 4 heteroatoms. The van der Waals surface area contributed by atoms with Crippen molar-refractivity contribution < 1.29 is 19.4 Å². The second kappa shape index (κ2) is 11.7. The number of hydrogen-bond acceptors (Lipinski definition) is 3. The monoisotopic (exact) mass is 300 g/mol. The Morgan fingerprint density at radius 1 is 0.905 bits per heavy atom. The number of unbranched alkanes of at least 4 members (excludes halogenated alkanes) is 6. The number of Topliss-reactive ketones (excluding diaryl/α,β-unsaturated/α-hetero) is 1. The number of ketones is 1. The van der Waals surface area contributed by atoms with Gasteiger partial charge in [-0.25, -0.2) is 0 Å². The van der Waals surface area contributed by atoms with Crippen LogP contribution in [0, 0.1) is 0 Å². The van der Waals surface area contributed by atoms with E-state index in [2.05, 4.69) is 6.92 Å². The molecule has 0 heterocycles. The molecule has 0 radical (unpaired) electrons. The van der Waals surface area contributed by atoms with Gasteiger partial charge in [-0.3, -0.25) is 9.59 Å². The van der Waals surface area contributed by atoms with Crippen molar-refractivity contribution >= 4 is 11.8 Å². The first-order valence-electron chi connectivity index (χ1n) is 8.29. The van der Waals surface area contributed by atoms with Gasteiger partial charge in [0.05, 0.1) is 0 Å². The number of carbonyl (C=O) groups excluding carboxylic acids is 1. The number of carboxylic acid groups (broad SMARTS) is 1. The van der Waals surface area contributed by atoms with Gasteiger partial charge in [-0.15, -0.1) is 0 Å². The highest BCUT2D eigenvalue weighted by molar-refractivity contribution is 5.86. The molecule has 0 aliphatic heterocycles. The molecule has 1 N–H and O–H groups in total. The molecule has 0 spiro atoms. The minimum Gasteiger partial charge on any atom is -0.481 e. The quantitative estimate of drug-likeness (QED) is 0.484. The summed E-state index contributed by atoms with van der Waals surface area (Å²) in [6, 6.07) is 0. The molecule has 0 fully saturated rings. The Labute approximate surface area is 129 Å². The lowest BCUT2D eigenvalue weighted by molar-refractivity contribution is -0.140. The molecular weight excluding hydrogens is 268 g/mol. The molecule has 0 saturated heterocycles. The molecule has 0 aliphatic carbocycles. The minimum atomic E-state index is -0.755. The molecule has 21 heavy (non-hydrogen) atoms. The number of rotatable bonds is 14. The predicted molar refractivity (Wildman–Crippen MR) is 84.5 cm³/mol. The van der Waals surface area contributed by atoms with Crippen LogP contribution < -0.4 is 0 Å². The van der Waals surface area contributed by atoms with Gasteiger partial charge in [-0.1, -0.05) is 39.0 Å². The smallest absolute Gasteiger partial charge is 0.303 e. The van der Waals surface area contributed by atoms with Crippen molar-refractivity contribution in [1.29, 1.82) is 0 Å². The van der Waals surface area contributed by atoms with Crippen LogP contribution in [0.25, 0.3) is 0 Å². The maximum absolute atomic E-state index is 12.1. The van der Waals surface area contributed by atoms with Crippen LogP contribution in [0.2, 0.25) is 0 Å². The summed E-state index contributed by atoms with van der Waals surface area (Å²) < 4.78 is 5.68. The zero-order chi connectivity index (χ0) is 16.1. The van der Waals surface area contributed by atoms with Crippen molar-refractivity contribution in [1.82, 2.24) is 0 Å². The zero-order valence-electron chi connectivity index (χ0n) is 14.0. The van der Waals surface area contributed by atoms with E-state index in [4.69, 9.17) is 9.84 Å². The summed E-state index contributed by atoms with van der Waals surface area (Å²) in [5, 5.41) is 8.53. The molecular formula is C17H32O4. The maximum atomic E-state index is 12.1. The highest BCUT2D eigenvalue weighted by Gasteiger charge is 2.27. The SMILES string of the molecule is CCCCCCCC(=O)C(C)(C)OCCCCCC(=O)O. The van der Waals surface area contributed by atoms with Crippen LogP contribution in [0.3, 0.4) is 0 Å². The van der Waals surface area contributed by atoms with E-state index < -0.39 is 11.6 Å². The van der Waals surface area contributed by atoms with Gasteiger partial charge in [0.2, 0.25) is 0 Å². The van der Waals surface area contributed by atoms with Crippen LogP contribution in [0.15, 0.2) is 0 Å². The fraction of sp³-hybridized carbons (Fsp3) is 0.882. The predicted octanol–water partition coefficient (Wildman–Crippen LogP) is 4.36. The largest absolute Gasteiger partial charge is 0.481 e. The molecule has 0 saturated carbocycles. The molecule has 0 unspecified atom stereocenters. The van der Waals surface area contributed by atoms with Gasteiger partial charge in [0, 0.05) is 19.4 Å². The van der Waals surface area contributed by atoms with E-state index in [1.54, 1.807) is 0 Å². The van der Waals surface area contributed by atoms with E-state index in [0.29, 0.717) is 19.4 Å². The summed E-state index contributed by atoms with van der Waals surface area (Å²) in [5.74, 6) is -0.584. The Morgan fingerprint density at radius 2 is 1.48 bits per heavy atom. The summed E-state index contributed by atoms with van der Waals surface area (Å²) in [6.45, 7) is 6.37. The van der Waals surface area contributed by atoms with Crippen molar-refractivity contribution in [2.45, 2.75) is 90.6 Å². The van der Waals surface area contributed by atoms with Gasteiger partial charge in [-0.2, -0.15) is 0 Å². The van der Waals surface area contributed by atoms with Gasteiger partial charge >= 0.3 is 5.97 Å². The van der Waals surface area contributed by atoms with Crippen molar-refractivity contribution in [3.8, 4) is 0 Å². The second-order valence-electron chi connectivity index (χ2n) is 6.15. The minimum absolute atomic E-state index is 0.171. The third-order valence-corrected chi connectivity index (χ3v) is 3.68. The second-order valence-corrected chi connectivity index (χ2v) is 6.15. The summed E-state index contributed by atoms with van der Waals surface area (Å²) >= 11 is 0. The summed E-state index contributed by atoms with van der Waals surface area (Å²) in [7, 11) is 0. The van der Waals surface area contributed by atoms with Gasteiger partial charge in [-0.05, 0) is 33.1 Å². The van der Waals surface area contributed by atoms with Crippen LogP contribution >= 0.6 is 0 Å². The topological polar surface area (TPSA) is 63.6 Å². The number of aliphatic carboxylic acids is 1. The average molecular weight is 300 g/mol. The lowest BCUT2D eigenvalue weighted by atomic mass is 9.97. The van der Waals surface area contributed by atoms with Crippen LogP contribution in [0.1, 0.15) is 85.0 Å². The highest BCUT2D eigenvalue weighted by atomic mass is 16.5. The fourth-order valence-corrected chi connectivity index (χ4v) is 2.15. The van der Waals surface area contributed by atoms with E-state index >= 15 is 0 Å². The van der Waals surface area contributed by atoms with Gasteiger partial charge in [0.1, 0.15) is 5.60 Å². The molecule has 4 nitrogen and oxygen atoms in total. The lowest BCUT2D eigenvalue weighted by Crippen LogP contribution is -2.35. The number of carboxylic acids is 1. The van der Waals surface area contributed by atoms with Crippen molar-refractivity contribution in [2.24, 2.45) is 0 Å². The van der Waals surface area contributed by atoms with E-state index in [1.165, 1.54) is 19.3 Å². The van der Waals surface area contributed by atoms with E-state index in [-0.39, 0.29) is 12.2 Å². The Kier molecular flexibility index (Phi) is 11.2. The first kappa shape index (κ1) is 20.1. The first-order valence-corrected chi connectivity index (χ1v) is 8.29. The number of ether oxygens (including phenoxy) is 1. The molecule has 124 valence electrons. The molecule has 0 atom stereocenters. The average Bonchev–Trinajstić information content (AvgIpc) is 2.41. The molecule has 0 aliphatic rings. The van der Waals surface area contributed by atoms with E-state index in [0.717, 1.165) is 25.7 Å². The van der Waals surface area contributed by atoms with Crippen molar-refractivity contribution in [3.63, 3.8) is 0 Å². The number of hydrogen-bond donors (Lipinski definition) is 1. The Bertz CT molecular complexity index is 297. The summed E-state index contributed by atoms with van der Waals surface area (Å²) in [5.41, 5.74) is -0.711. The van der Waals surface area contributed by atoms with Crippen LogP contribution in [-0.2, 0) is 14.3 Å². The van der Waals surface area contributed by atoms with Crippen LogP contribution in [0.4, 0.5) is 0 Å². The third kappa shape index (κ3) is 11.4. The van der Waals surface area contributed by atoms with Crippen LogP contribution in [0.5, 0.6) is 0 Å². The van der Waals surface area contributed by atoms with E-state index in [9.17, 15) is 9.59 Å². The van der Waals surface area contributed by atoms with Crippen LogP contribution in [-0.4, -0.2) is 29.1 Å². The summed E-state index contributed by atoms with van der Waals surface area (Å²) in [4.78, 5) is 22.5. The molecule has 0 aromatic carbocycles. The molecule has 0 aromatic rings. The van der Waals surface area contributed by atoms with Crippen molar-refractivity contribution in [2.75, 3.05) is 6.61 Å². The Morgan fingerprint density at radius 3 is 2.10 bits per heavy atom. The Hall–Kier alpha value is -0.900. The van der Waals surface area contributed by atoms with Gasteiger partial charge < -0.3 is 9.84 Å². The lowest BCUT2D eigenvalue weighted by Gasteiger charge is -2.24.